The molecule has 0 saturated carbocycles. The Morgan fingerprint density at radius 1 is 1.27 bits per heavy atom. The summed E-state index contributed by atoms with van der Waals surface area (Å²) in [5.41, 5.74) is 7.20. The van der Waals surface area contributed by atoms with Crippen molar-refractivity contribution in [1.82, 2.24) is 0 Å². The van der Waals surface area contributed by atoms with E-state index < -0.39 is 0 Å². The van der Waals surface area contributed by atoms with Crippen LogP contribution >= 0.6 is 38.9 Å². The van der Waals surface area contributed by atoms with Crippen molar-refractivity contribution in [3.05, 3.63) is 55.6 Å². The van der Waals surface area contributed by atoms with Gasteiger partial charge in [0.15, 0.2) is 0 Å². The fraction of sp³-hybridized carbons (Fsp3) is 0.0909. The molecular formula is C11H9BrClNS. The Hall–Kier alpha value is -0.350. The first-order chi connectivity index (χ1) is 7.16. The molecule has 2 rings (SSSR count). The van der Waals surface area contributed by atoms with Crippen molar-refractivity contribution in [2.45, 2.75) is 6.04 Å². The maximum atomic E-state index is 6.13. The Morgan fingerprint density at radius 2 is 1.93 bits per heavy atom. The molecule has 1 unspecified atom stereocenters. The van der Waals surface area contributed by atoms with Gasteiger partial charge in [0.1, 0.15) is 0 Å². The molecule has 78 valence electrons. The SMILES string of the molecule is NC(c1ccc(Cl)cc1)c1cc(Br)cs1. The van der Waals surface area contributed by atoms with Crippen LogP contribution in [0.4, 0.5) is 0 Å². The van der Waals surface area contributed by atoms with Gasteiger partial charge in [-0.15, -0.1) is 11.3 Å². The van der Waals surface area contributed by atoms with Crippen LogP contribution in [-0.2, 0) is 0 Å². The monoisotopic (exact) mass is 301 g/mol. The van der Waals surface area contributed by atoms with Crippen molar-refractivity contribution >= 4 is 38.9 Å². The van der Waals surface area contributed by atoms with Crippen molar-refractivity contribution in [2.75, 3.05) is 0 Å². The summed E-state index contributed by atoms with van der Waals surface area (Å²) in [4.78, 5) is 1.14. The molecule has 1 aromatic carbocycles. The fourth-order valence-corrected chi connectivity index (χ4v) is 2.92. The number of rotatable bonds is 2. The Labute approximate surface area is 106 Å². The summed E-state index contributed by atoms with van der Waals surface area (Å²) in [6.07, 6.45) is 0. The number of hydrogen-bond acceptors (Lipinski definition) is 2. The van der Waals surface area contributed by atoms with Gasteiger partial charge in [0.05, 0.1) is 6.04 Å². The predicted molar refractivity (Wildman–Crippen MR) is 69.5 cm³/mol. The first-order valence-corrected chi connectivity index (χ1v) is 6.47. The lowest BCUT2D eigenvalue weighted by atomic mass is 10.1. The van der Waals surface area contributed by atoms with Gasteiger partial charge in [0, 0.05) is 19.8 Å². The van der Waals surface area contributed by atoms with Gasteiger partial charge in [-0.25, -0.2) is 0 Å². The molecular weight excluding hydrogens is 294 g/mol. The third-order valence-electron chi connectivity index (χ3n) is 2.12. The molecule has 0 aliphatic rings. The topological polar surface area (TPSA) is 26.0 Å². The summed E-state index contributed by atoms with van der Waals surface area (Å²) < 4.78 is 1.08. The minimum atomic E-state index is -0.0708. The maximum Gasteiger partial charge on any atom is 0.0646 e. The van der Waals surface area contributed by atoms with Gasteiger partial charge in [0.25, 0.3) is 0 Å². The number of thiophene rings is 1. The highest BCUT2D eigenvalue weighted by atomic mass is 79.9. The van der Waals surface area contributed by atoms with Crippen LogP contribution in [0.2, 0.25) is 5.02 Å². The van der Waals surface area contributed by atoms with E-state index in [-0.39, 0.29) is 6.04 Å². The highest BCUT2D eigenvalue weighted by molar-refractivity contribution is 9.10. The predicted octanol–water partition coefficient (Wildman–Crippen LogP) is 4.21. The van der Waals surface area contributed by atoms with E-state index in [0.29, 0.717) is 0 Å². The van der Waals surface area contributed by atoms with Gasteiger partial charge in [-0.05, 0) is 39.7 Å². The summed E-state index contributed by atoms with van der Waals surface area (Å²) in [7, 11) is 0. The molecule has 1 heterocycles. The number of hydrogen-bond donors (Lipinski definition) is 1. The molecule has 15 heavy (non-hydrogen) atoms. The zero-order chi connectivity index (χ0) is 10.8. The van der Waals surface area contributed by atoms with Crippen molar-refractivity contribution in [2.24, 2.45) is 5.73 Å². The van der Waals surface area contributed by atoms with E-state index in [2.05, 4.69) is 15.9 Å². The average molecular weight is 303 g/mol. The first-order valence-electron chi connectivity index (χ1n) is 4.42. The molecule has 0 amide bonds. The molecule has 1 atom stereocenters. The molecule has 4 heteroatoms. The second-order valence-corrected chi connectivity index (χ2v) is 5.49. The zero-order valence-electron chi connectivity index (χ0n) is 7.78. The molecule has 0 spiro atoms. The Morgan fingerprint density at radius 3 is 2.47 bits per heavy atom. The van der Waals surface area contributed by atoms with Crippen LogP contribution in [0.1, 0.15) is 16.5 Å². The lowest BCUT2D eigenvalue weighted by Crippen LogP contribution is -2.09. The lowest BCUT2D eigenvalue weighted by molar-refractivity contribution is 0.893. The Bertz CT molecular complexity index is 452. The van der Waals surface area contributed by atoms with Gasteiger partial charge < -0.3 is 5.73 Å². The Kier molecular flexibility index (Phi) is 3.46. The van der Waals surface area contributed by atoms with Gasteiger partial charge in [-0.2, -0.15) is 0 Å². The molecule has 0 fully saturated rings. The first kappa shape index (κ1) is 11.1. The van der Waals surface area contributed by atoms with E-state index in [4.69, 9.17) is 17.3 Å². The standard InChI is InChI=1S/C11H9BrClNS/c12-8-5-10(15-6-8)11(14)7-1-3-9(13)4-2-7/h1-6,11H,14H2. The Balaban J connectivity index is 2.28. The van der Waals surface area contributed by atoms with Gasteiger partial charge in [-0.3, -0.25) is 0 Å². The summed E-state index contributed by atoms with van der Waals surface area (Å²) in [5.74, 6) is 0. The van der Waals surface area contributed by atoms with E-state index in [1.54, 1.807) is 11.3 Å². The summed E-state index contributed by atoms with van der Waals surface area (Å²) in [6, 6.07) is 9.61. The molecule has 2 aromatic rings. The van der Waals surface area contributed by atoms with Crippen molar-refractivity contribution in [1.29, 1.82) is 0 Å². The van der Waals surface area contributed by atoms with Gasteiger partial charge in [0.2, 0.25) is 0 Å². The maximum absolute atomic E-state index is 6.13. The minimum Gasteiger partial charge on any atom is -0.320 e. The molecule has 1 aromatic heterocycles. The largest absolute Gasteiger partial charge is 0.320 e. The molecule has 0 radical (unpaired) electrons. The second kappa shape index (κ2) is 4.66. The van der Waals surface area contributed by atoms with Crippen LogP contribution in [-0.4, -0.2) is 0 Å². The van der Waals surface area contributed by atoms with E-state index in [1.165, 1.54) is 0 Å². The van der Waals surface area contributed by atoms with Crippen LogP contribution in [0.25, 0.3) is 0 Å². The number of nitrogens with two attached hydrogens (primary N) is 1. The van der Waals surface area contributed by atoms with Crippen molar-refractivity contribution < 1.29 is 0 Å². The summed E-state index contributed by atoms with van der Waals surface area (Å²) in [6.45, 7) is 0. The lowest BCUT2D eigenvalue weighted by Gasteiger charge is -2.09. The van der Waals surface area contributed by atoms with E-state index in [9.17, 15) is 0 Å². The van der Waals surface area contributed by atoms with E-state index in [1.807, 2.05) is 35.7 Å². The van der Waals surface area contributed by atoms with Crippen LogP contribution in [0.5, 0.6) is 0 Å². The highest BCUT2D eigenvalue weighted by Crippen LogP contribution is 2.28. The van der Waals surface area contributed by atoms with Gasteiger partial charge >= 0.3 is 0 Å². The van der Waals surface area contributed by atoms with Crippen LogP contribution in [0.3, 0.4) is 0 Å². The molecule has 0 bridgehead atoms. The average Bonchev–Trinajstić information content (AvgIpc) is 2.65. The van der Waals surface area contributed by atoms with Crippen LogP contribution in [0.15, 0.2) is 40.2 Å². The third kappa shape index (κ3) is 2.61. The highest BCUT2D eigenvalue weighted by Gasteiger charge is 2.10. The normalized spacial score (nSPS) is 12.7. The summed E-state index contributed by atoms with van der Waals surface area (Å²) >= 11 is 10.9. The number of halogens is 2. The quantitative estimate of drug-likeness (QED) is 0.883. The molecule has 0 aliphatic carbocycles. The van der Waals surface area contributed by atoms with Crippen LogP contribution in [0, 0.1) is 0 Å². The van der Waals surface area contributed by atoms with E-state index in [0.717, 1.165) is 19.9 Å². The van der Waals surface area contributed by atoms with E-state index >= 15 is 0 Å². The zero-order valence-corrected chi connectivity index (χ0v) is 10.9. The fourth-order valence-electron chi connectivity index (χ4n) is 1.33. The third-order valence-corrected chi connectivity index (χ3v) is 4.15. The van der Waals surface area contributed by atoms with Gasteiger partial charge in [-0.1, -0.05) is 23.7 Å². The molecule has 0 saturated heterocycles. The van der Waals surface area contributed by atoms with Crippen molar-refractivity contribution in [3.63, 3.8) is 0 Å². The minimum absolute atomic E-state index is 0.0708. The molecule has 1 nitrogen and oxygen atoms in total. The summed E-state index contributed by atoms with van der Waals surface area (Å²) in [5, 5.41) is 2.77. The number of benzene rings is 1. The second-order valence-electron chi connectivity index (χ2n) is 3.20. The van der Waals surface area contributed by atoms with Crippen molar-refractivity contribution in [3.8, 4) is 0 Å². The molecule has 0 aliphatic heterocycles. The smallest absolute Gasteiger partial charge is 0.0646 e. The van der Waals surface area contributed by atoms with Crippen LogP contribution < -0.4 is 5.73 Å². The molecule has 2 N–H and O–H groups in total.